The van der Waals surface area contributed by atoms with Crippen LogP contribution < -0.4 is 19.5 Å². The molecule has 2 rings (SSSR count). The van der Waals surface area contributed by atoms with Crippen molar-refractivity contribution in [3.8, 4) is 17.2 Å². The molecule has 5 heteroatoms. The lowest BCUT2D eigenvalue weighted by Crippen LogP contribution is -2.13. The first-order valence-corrected chi connectivity index (χ1v) is 7.64. The molecule has 2 aromatic carbocycles. The molecule has 1 N–H and O–H groups in total. The minimum absolute atomic E-state index is 0.254. The van der Waals surface area contributed by atoms with Gasteiger partial charge in [0.25, 0.3) is 5.91 Å². The van der Waals surface area contributed by atoms with Crippen molar-refractivity contribution in [2.45, 2.75) is 6.92 Å². The maximum Gasteiger partial charge on any atom is 0.255 e. The van der Waals surface area contributed by atoms with Crippen molar-refractivity contribution < 1.29 is 19.0 Å². The number of ether oxygens (including phenoxy) is 3. The van der Waals surface area contributed by atoms with Crippen LogP contribution in [-0.4, -0.2) is 26.2 Å². The van der Waals surface area contributed by atoms with Crippen LogP contribution in [0.4, 0.5) is 5.69 Å². The molecule has 0 aliphatic heterocycles. The minimum atomic E-state index is -0.254. The lowest BCUT2D eigenvalue weighted by molar-refractivity contribution is 0.102. The predicted octanol–water partition coefficient (Wildman–Crippen LogP) is 3.91. The summed E-state index contributed by atoms with van der Waals surface area (Å²) >= 11 is 0. The number of anilines is 1. The van der Waals surface area contributed by atoms with Crippen molar-refractivity contribution in [2.24, 2.45) is 0 Å². The minimum Gasteiger partial charge on any atom is -0.495 e. The second-order valence-corrected chi connectivity index (χ2v) is 4.85. The van der Waals surface area contributed by atoms with E-state index < -0.39 is 0 Å². The molecule has 1 amide bonds. The first kappa shape index (κ1) is 17.4. The molecule has 126 valence electrons. The second kappa shape index (κ2) is 8.62. The highest BCUT2D eigenvalue weighted by atomic mass is 16.5. The van der Waals surface area contributed by atoms with Crippen LogP contribution in [0.5, 0.6) is 17.2 Å². The number of methoxy groups -OCH3 is 1. The summed E-state index contributed by atoms with van der Waals surface area (Å²) in [4.78, 5) is 12.5. The number of nitrogens with one attached hydrogen (secondary N) is 1. The van der Waals surface area contributed by atoms with Gasteiger partial charge in [0.15, 0.2) is 11.5 Å². The molecule has 0 aliphatic rings. The quantitative estimate of drug-likeness (QED) is 0.747. The van der Waals surface area contributed by atoms with Gasteiger partial charge >= 0.3 is 0 Å². The van der Waals surface area contributed by atoms with Crippen LogP contribution >= 0.6 is 0 Å². The lowest BCUT2D eigenvalue weighted by atomic mass is 10.1. The molecule has 0 unspecified atom stereocenters. The topological polar surface area (TPSA) is 56.8 Å². The Morgan fingerprint density at radius 2 is 1.92 bits per heavy atom. The Bertz CT molecular complexity index is 712. The average molecular weight is 327 g/mol. The Hall–Kier alpha value is -2.95. The Morgan fingerprint density at radius 1 is 1.12 bits per heavy atom. The SMILES string of the molecule is C=CCOc1ccc(C(=O)Nc2ccccc2OC)cc1OCC. The lowest BCUT2D eigenvalue weighted by Gasteiger charge is -2.13. The normalized spacial score (nSPS) is 9.92. The molecule has 0 spiro atoms. The first-order chi connectivity index (χ1) is 11.7. The van der Waals surface area contributed by atoms with E-state index in [4.69, 9.17) is 14.2 Å². The van der Waals surface area contributed by atoms with Crippen molar-refractivity contribution in [2.75, 3.05) is 25.6 Å². The highest BCUT2D eigenvalue weighted by Gasteiger charge is 2.13. The number of para-hydroxylation sites is 2. The zero-order valence-electron chi connectivity index (χ0n) is 13.9. The van der Waals surface area contributed by atoms with Crippen LogP contribution in [0.15, 0.2) is 55.1 Å². The highest BCUT2D eigenvalue weighted by molar-refractivity contribution is 6.05. The zero-order chi connectivity index (χ0) is 17.4. The van der Waals surface area contributed by atoms with E-state index in [1.165, 1.54) is 0 Å². The summed E-state index contributed by atoms with van der Waals surface area (Å²) in [5.74, 6) is 1.44. The largest absolute Gasteiger partial charge is 0.495 e. The summed E-state index contributed by atoms with van der Waals surface area (Å²) in [6, 6.07) is 12.3. The molecule has 5 nitrogen and oxygen atoms in total. The van der Waals surface area contributed by atoms with Crippen LogP contribution in [0.2, 0.25) is 0 Å². The number of hydrogen-bond acceptors (Lipinski definition) is 4. The van der Waals surface area contributed by atoms with Crippen molar-refractivity contribution >= 4 is 11.6 Å². The van der Waals surface area contributed by atoms with Crippen molar-refractivity contribution in [1.82, 2.24) is 0 Å². The Labute approximate surface area is 141 Å². The van der Waals surface area contributed by atoms with Gasteiger partial charge in [-0.3, -0.25) is 4.79 Å². The Balaban J connectivity index is 2.22. The van der Waals surface area contributed by atoms with Crippen molar-refractivity contribution in [3.05, 3.63) is 60.7 Å². The van der Waals surface area contributed by atoms with Gasteiger partial charge in [-0.1, -0.05) is 24.8 Å². The number of benzene rings is 2. The molecular weight excluding hydrogens is 306 g/mol. The third kappa shape index (κ3) is 4.29. The van der Waals surface area contributed by atoms with Gasteiger partial charge in [0.1, 0.15) is 12.4 Å². The first-order valence-electron chi connectivity index (χ1n) is 7.64. The van der Waals surface area contributed by atoms with Gasteiger partial charge in [-0.25, -0.2) is 0 Å². The van der Waals surface area contributed by atoms with Crippen LogP contribution in [0.25, 0.3) is 0 Å². The molecular formula is C19H21NO4. The smallest absolute Gasteiger partial charge is 0.255 e. The zero-order valence-corrected chi connectivity index (χ0v) is 13.9. The van der Waals surface area contributed by atoms with Gasteiger partial charge in [0.05, 0.1) is 19.4 Å². The van der Waals surface area contributed by atoms with E-state index in [1.807, 2.05) is 19.1 Å². The number of carbonyl (C=O) groups excluding carboxylic acids is 1. The maximum atomic E-state index is 12.5. The molecule has 0 aromatic heterocycles. The number of hydrogen-bond donors (Lipinski definition) is 1. The maximum absolute atomic E-state index is 12.5. The molecule has 0 aliphatic carbocycles. The highest BCUT2D eigenvalue weighted by Crippen LogP contribution is 2.30. The Morgan fingerprint density at radius 3 is 2.62 bits per heavy atom. The molecule has 2 aromatic rings. The number of amides is 1. The van der Waals surface area contributed by atoms with Crippen LogP contribution in [-0.2, 0) is 0 Å². The van der Waals surface area contributed by atoms with E-state index in [2.05, 4.69) is 11.9 Å². The molecule has 0 radical (unpaired) electrons. The van der Waals surface area contributed by atoms with E-state index >= 15 is 0 Å². The van der Waals surface area contributed by atoms with Gasteiger partial charge in [-0.2, -0.15) is 0 Å². The summed E-state index contributed by atoms with van der Waals surface area (Å²) in [6.07, 6.45) is 1.65. The van der Waals surface area contributed by atoms with Crippen molar-refractivity contribution in [1.29, 1.82) is 0 Å². The second-order valence-electron chi connectivity index (χ2n) is 4.85. The standard InChI is InChI=1S/C19H21NO4/c1-4-12-24-17-11-10-14(13-18(17)23-5-2)19(21)20-15-8-6-7-9-16(15)22-3/h4,6-11,13H,1,5,12H2,2-3H3,(H,20,21). The van der Waals surface area contributed by atoms with Crippen LogP contribution in [0, 0.1) is 0 Å². The summed E-state index contributed by atoms with van der Waals surface area (Å²) < 4.78 is 16.3. The van der Waals surface area contributed by atoms with E-state index in [1.54, 1.807) is 43.5 Å². The summed E-state index contributed by atoms with van der Waals surface area (Å²) in [7, 11) is 1.56. The Kier molecular flexibility index (Phi) is 6.25. The monoisotopic (exact) mass is 327 g/mol. The van der Waals surface area contributed by atoms with E-state index in [-0.39, 0.29) is 5.91 Å². The summed E-state index contributed by atoms with van der Waals surface area (Å²) in [5.41, 5.74) is 1.07. The van der Waals surface area contributed by atoms with E-state index in [9.17, 15) is 4.79 Å². The molecule has 0 saturated carbocycles. The number of rotatable bonds is 8. The van der Waals surface area contributed by atoms with Crippen molar-refractivity contribution in [3.63, 3.8) is 0 Å². The third-order valence-electron chi connectivity index (χ3n) is 3.22. The number of carbonyl (C=O) groups is 1. The van der Waals surface area contributed by atoms with Gasteiger partial charge < -0.3 is 19.5 Å². The molecule has 0 atom stereocenters. The van der Waals surface area contributed by atoms with Crippen LogP contribution in [0.1, 0.15) is 17.3 Å². The average Bonchev–Trinajstić information content (AvgIpc) is 2.61. The summed E-state index contributed by atoms with van der Waals surface area (Å²) in [6.45, 7) is 6.33. The third-order valence-corrected chi connectivity index (χ3v) is 3.22. The van der Waals surface area contributed by atoms with E-state index in [0.717, 1.165) is 0 Å². The van der Waals surface area contributed by atoms with Gasteiger partial charge in [0, 0.05) is 5.56 Å². The predicted molar refractivity (Wildman–Crippen MR) is 94.3 cm³/mol. The van der Waals surface area contributed by atoms with Gasteiger partial charge in [0.2, 0.25) is 0 Å². The fraction of sp³-hybridized carbons (Fsp3) is 0.211. The van der Waals surface area contributed by atoms with Gasteiger partial charge in [-0.05, 0) is 37.3 Å². The fourth-order valence-corrected chi connectivity index (χ4v) is 2.13. The van der Waals surface area contributed by atoms with E-state index in [0.29, 0.717) is 41.7 Å². The van der Waals surface area contributed by atoms with Crippen LogP contribution in [0.3, 0.4) is 0 Å². The molecule has 0 heterocycles. The van der Waals surface area contributed by atoms with Gasteiger partial charge in [-0.15, -0.1) is 0 Å². The molecule has 0 bridgehead atoms. The fourth-order valence-electron chi connectivity index (χ4n) is 2.13. The molecule has 0 fully saturated rings. The molecule has 24 heavy (non-hydrogen) atoms. The molecule has 0 saturated heterocycles. The summed E-state index contributed by atoms with van der Waals surface area (Å²) in [5, 5.41) is 2.83.